The maximum absolute atomic E-state index is 13.5. The molecule has 0 saturated carbocycles. The van der Waals surface area contributed by atoms with E-state index in [1.807, 2.05) is 13.0 Å². The Morgan fingerprint density at radius 3 is 2.41 bits per heavy atom. The predicted octanol–water partition coefficient (Wildman–Crippen LogP) is 4.59. The van der Waals surface area contributed by atoms with Crippen LogP contribution in [0.15, 0.2) is 48.5 Å². The smallest absolute Gasteiger partial charge is 0.230 e. The Morgan fingerprint density at radius 2 is 1.82 bits per heavy atom. The van der Waals surface area contributed by atoms with Crippen molar-refractivity contribution >= 4 is 29.6 Å². The second kappa shape index (κ2) is 7.13. The van der Waals surface area contributed by atoms with Gasteiger partial charge < -0.3 is 9.30 Å². The second-order valence-electron chi connectivity index (χ2n) is 4.92. The Labute approximate surface area is 135 Å². The molecular formula is C17H18ClO3P. The molecule has 0 heterocycles. The molecular weight excluding hydrogens is 319 g/mol. The van der Waals surface area contributed by atoms with Crippen LogP contribution in [-0.4, -0.2) is 18.8 Å². The summed E-state index contributed by atoms with van der Waals surface area (Å²) in [5, 5.41) is 0.820. The first-order chi connectivity index (χ1) is 10.5. The van der Waals surface area contributed by atoms with Crippen molar-refractivity contribution in [1.82, 2.24) is 0 Å². The number of benzene rings is 2. The lowest BCUT2D eigenvalue weighted by Gasteiger charge is -2.19. The fourth-order valence-electron chi connectivity index (χ4n) is 2.39. The zero-order valence-corrected chi connectivity index (χ0v) is 14.2. The Balaban J connectivity index is 2.60. The summed E-state index contributed by atoms with van der Waals surface area (Å²) in [4.78, 5) is 13.0. The highest BCUT2D eigenvalue weighted by Gasteiger charge is 2.36. The fourth-order valence-corrected chi connectivity index (χ4v) is 5.28. The second-order valence-corrected chi connectivity index (χ2v) is 8.18. The van der Waals surface area contributed by atoms with Gasteiger partial charge in [0.1, 0.15) is 5.75 Å². The number of ether oxygens (including phenoxy) is 1. The molecule has 2 aromatic rings. The highest BCUT2D eigenvalue weighted by atomic mass is 35.5. The number of methoxy groups -OCH3 is 1. The van der Waals surface area contributed by atoms with E-state index in [0.29, 0.717) is 23.6 Å². The average molecular weight is 337 g/mol. The molecule has 22 heavy (non-hydrogen) atoms. The summed E-state index contributed by atoms with van der Waals surface area (Å²) in [6.45, 7) is 1.91. The van der Waals surface area contributed by atoms with Gasteiger partial charge in [-0.1, -0.05) is 54.9 Å². The van der Waals surface area contributed by atoms with E-state index in [4.69, 9.17) is 16.3 Å². The highest BCUT2D eigenvalue weighted by molar-refractivity contribution is 7.87. The van der Waals surface area contributed by atoms with E-state index in [2.05, 4.69) is 0 Å². The van der Waals surface area contributed by atoms with Crippen molar-refractivity contribution in [2.24, 2.45) is 0 Å². The standard InChI is InChI=1S/C17H18ClO3P/c1-3-12-22(20,13-8-5-4-6-9-13)17(19)16-14(18)10-7-11-15(16)21-2/h4-11H,3,12H2,1-2H3. The lowest BCUT2D eigenvalue weighted by atomic mass is 10.2. The van der Waals surface area contributed by atoms with Gasteiger partial charge in [0, 0.05) is 11.5 Å². The third-order valence-corrected chi connectivity index (χ3v) is 6.85. The van der Waals surface area contributed by atoms with E-state index in [1.165, 1.54) is 7.11 Å². The molecule has 0 aromatic heterocycles. The quantitative estimate of drug-likeness (QED) is 0.725. The van der Waals surface area contributed by atoms with E-state index in [-0.39, 0.29) is 10.6 Å². The monoisotopic (exact) mass is 336 g/mol. The predicted molar refractivity (Wildman–Crippen MR) is 91.2 cm³/mol. The molecule has 0 bridgehead atoms. The molecule has 0 fully saturated rings. The van der Waals surface area contributed by atoms with Crippen molar-refractivity contribution in [3.63, 3.8) is 0 Å². The topological polar surface area (TPSA) is 43.4 Å². The maximum atomic E-state index is 13.5. The summed E-state index contributed by atoms with van der Waals surface area (Å²) in [5.74, 6) is 0.352. The molecule has 0 aliphatic heterocycles. The fraction of sp³-hybridized carbons (Fsp3) is 0.235. The van der Waals surface area contributed by atoms with Crippen LogP contribution in [-0.2, 0) is 4.57 Å². The van der Waals surface area contributed by atoms with Crippen LogP contribution in [0.4, 0.5) is 0 Å². The zero-order valence-electron chi connectivity index (χ0n) is 12.6. The number of halogens is 1. The van der Waals surface area contributed by atoms with Gasteiger partial charge in [0.05, 0.1) is 17.7 Å². The van der Waals surface area contributed by atoms with Gasteiger partial charge in [-0.3, -0.25) is 4.79 Å². The van der Waals surface area contributed by atoms with Gasteiger partial charge in [0.2, 0.25) is 5.52 Å². The first-order valence-electron chi connectivity index (χ1n) is 7.06. The van der Waals surface area contributed by atoms with Gasteiger partial charge in [0.15, 0.2) is 7.14 Å². The Hall–Kier alpha value is -1.57. The summed E-state index contributed by atoms with van der Waals surface area (Å²) in [7, 11) is -1.79. The summed E-state index contributed by atoms with van der Waals surface area (Å²) in [6.07, 6.45) is 0.953. The minimum atomic E-state index is -3.26. The first kappa shape index (κ1) is 16.8. The van der Waals surface area contributed by atoms with Gasteiger partial charge in [-0.15, -0.1) is 0 Å². The molecule has 5 heteroatoms. The SMILES string of the molecule is CCCP(=O)(C(=O)c1c(Cl)cccc1OC)c1ccccc1. The van der Waals surface area contributed by atoms with Crippen molar-refractivity contribution in [1.29, 1.82) is 0 Å². The summed E-state index contributed by atoms with van der Waals surface area (Å²) < 4.78 is 18.7. The summed E-state index contributed by atoms with van der Waals surface area (Å²) in [6, 6.07) is 13.8. The van der Waals surface area contributed by atoms with Crippen LogP contribution in [0.3, 0.4) is 0 Å². The van der Waals surface area contributed by atoms with Crippen LogP contribution in [0.1, 0.15) is 23.7 Å². The van der Waals surface area contributed by atoms with Crippen molar-refractivity contribution < 1.29 is 14.1 Å². The maximum Gasteiger partial charge on any atom is 0.230 e. The van der Waals surface area contributed by atoms with Crippen molar-refractivity contribution in [3.05, 3.63) is 59.1 Å². The average Bonchev–Trinajstić information content (AvgIpc) is 2.54. The number of carbonyl (C=O) groups excluding carboxylic acids is 1. The largest absolute Gasteiger partial charge is 0.496 e. The number of hydrogen-bond donors (Lipinski definition) is 0. The Bertz CT molecular complexity index is 713. The van der Waals surface area contributed by atoms with Gasteiger partial charge in [0.25, 0.3) is 0 Å². The molecule has 0 spiro atoms. The van der Waals surface area contributed by atoms with E-state index in [1.54, 1.807) is 42.5 Å². The number of carbonyl (C=O) groups is 1. The third-order valence-electron chi connectivity index (χ3n) is 3.45. The third kappa shape index (κ3) is 3.11. The van der Waals surface area contributed by atoms with E-state index in [9.17, 15) is 9.36 Å². The molecule has 0 radical (unpaired) electrons. The van der Waals surface area contributed by atoms with Gasteiger partial charge in [-0.05, 0) is 18.6 Å². The van der Waals surface area contributed by atoms with Crippen molar-refractivity contribution in [3.8, 4) is 5.75 Å². The van der Waals surface area contributed by atoms with Crippen molar-refractivity contribution in [2.45, 2.75) is 13.3 Å². The highest BCUT2D eigenvalue weighted by Crippen LogP contribution is 2.50. The molecule has 0 saturated heterocycles. The summed E-state index contributed by atoms with van der Waals surface area (Å²) in [5.41, 5.74) is -0.240. The molecule has 1 unspecified atom stereocenters. The molecule has 2 aromatic carbocycles. The van der Waals surface area contributed by atoms with Crippen LogP contribution in [0.5, 0.6) is 5.75 Å². The van der Waals surface area contributed by atoms with Gasteiger partial charge in [-0.25, -0.2) is 0 Å². The molecule has 0 aliphatic carbocycles. The molecule has 0 N–H and O–H groups in total. The van der Waals surface area contributed by atoms with Crippen molar-refractivity contribution in [2.75, 3.05) is 13.3 Å². The lowest BCUT2D eigenvalue weighted by Crippen LogP contribution is -2.16. The minimum absolute atomic E-state index is 0.201. The number of rotatable bonds is 6. The van der Waals surface area contributed by atoms with Crippen LogP contribution in [0.25, 0.3) is 0 Å². The first-order valence-corrected chi connectivity index (χ1v) is 9.33. The summed E-state index contributed by atoms with van der Waals surface area (Å²) >= 11 is 6.17. The molecule has 2 rings (SSSR count). The molecule has 0 aliphatic rings. The molecule has 3 nitrogen and oxygen atoms in total. The molecule has 1 atom stereocenters. The van der Waals surface area contributed by atoms with Crippen LogP contribution >= 0.6 is 18.7 Å². The zero-order chi connectivity index (χ0) is 16.2. The minimum Gasteiger partial charge on any atom is -0.496 e. The van der Waals surface area contributed by atoms with Crippen LogP contribution in [0.2, 0.25) is 5.02 Å². The van der Waals surface area contributed by atoms with Crippen LogP contribution < -0.4 is 10.0 Å². The van der Waals surface area contributed by atoms with Crippen LogP contribution in [0, 0.1) is 0 Å². The van der Waals surface area contributed by atoms with E-state index < -0.39 is 12.7 Å². The van der Waals surface area contributed by atoms with Gasteiger partial charge in [-0.2, -0.15) is 0 Å². The van der Waals surface area contributed by atoms with Gasteiger partial charge >= 0.3 is 0 Å². The molecule has 0 amide bonds. The normalized spacial score (nSPS) is 13.4. The lowest BCUT2D eigenvalue weighted by molar-refractivity contribution is 0.107. The molecule has 116 valence electrons. The Kier molecular flexibility index (Phi) is 5.44. The number of hydrogen-bond acceptors (Lipinski definition) is 3. The Morgan fingerprint density at radius 1 is 1.14 bits per heavy atom. The van der Waals surface area contributed by atoms with E-state index in [0.717, 1.165) is 0 Å². The van der Waals surface area contributed by atoms with E-state index >= 15 is 0 Å².